The minimum atomic E-state index is 0.751. The number of ether oxygens (including phenoxy) is 3. The third-order valence-electron chi connectivity index (χ3n) is 4.58. The molecular weight excluding hydrogens is 336 g/mol. The maximum atomic E-state index is 5.91. The summed E-state index contributed by atoms with van der Waals surface area (Å²) in [5.74, 6) is 1.81. The zero-order chi connectivity index (χ0) is 19.3. The van der Waals surface area contributed by atoms with Crippen molar-refractivity contribution in [3.8, 4) is 11.5 Å². The molecular formula is C24H34O3. The third kappa shape index (κ3) is 8.49. The van der Waals surface area contributed by atoms with Crippen LogP contribution in [0.3, 0.4) is 0 Å². The molecule has 0 aliphatic carbocycles. The Morgan fingerprint density at radius 1 is 0.778 bits per heavy atom. The van der Waals surface area contributed by atoms with Crippen molar-refractivity contribution in [2.75, 3.05) is 26.9 Å². The van der Waals surface area contributed by atoms with Crippen LogP contribution in [-0.4, -0.2) is 26.9 Å². The average Bonchev–Trinajstić information content (AvgIpc) is 2.68. The zero-order valence-electron chi connectivity index (χ0n) is 17.1. The first kappa shape index (κ1) is 21.3. The first-order valence-electron chi connectivity index (χ1n) is 10.1. The van der Waals surface area contributed by atoms with Crippen LogP contribution in [0.5, 0.6) is 11.5 Å². The Bertz CT molecular complexity index is 702. The molecule has 0 spiro atoms. The first-order chi connectivity index (χ1) is 13.2. The minimum Gasteiger partial charge on any atom is -0.497 e. The highest BCUT2D eigenvalue weighted by molar-refractivity contribution is 5.85. The van der Waals surface area contributed by atoms with Crippen molar-refractivity contribution in [2.24, 2.45) is 0 Å². The topological polar surface area (TPSA) is 27.7 Å². The van der Waals surface area contributed by atoms with E-state index in [0.29, 0.717) is 0 Å². The van der Waals surface area contributed by atoms with Gasteiger partial charge in [-0.3, -0.25) is 0 Å². The van der Waals surface area contributed by atoms with Crippen molar-refractivity contribution >= 4 is 10.8 Å². The predicted molar refractivity (Wildman–Crippen MR) is 114 cm³/mol. The van der Waals surface area contributed by atoms with E-state index in [9.17, 15) is 0 Å². The highest BCUT2D eigenvalue weighted by Crippen LogP contribution is 2.25. The molecule has 0 aliphatic rings. The second-order valence-electron chi connectivity index (χ2n) is 7.20. The van der Waals surface area contributed by atoms with Gasteiger partial charge in [0.15, 0.2) is 0 Å². The Morgan fingerprint density at radius 3 is 2.11 bits per heavy atom. The molecule has 148 valence electrons. The molecule has 0 aliphatic heterocycles. The molecule has 0 saturated carbocycles. The standard InChI is InChI=1S/C24H34O3/c1-20(2)14-17-26-15-8-6-4-5-7-9-16-27-24-13-11-21-10-12-23(25-3)18-22(21)19-24/h10-14,18-19H,4-9,15-17H2,1-3H3. The summed E-state index contributed by atoms with van der Waals surface area (Å²) in [6, 6.07) is 12.3. The summed E-state index contributed by atoms with van der Waals surface area (Å²) in [5.41, 5.74) is 1.32. The Balaban J connectivity index is 1.53. The summed E-state index contributed by atoms with van der Waals surface area (Å²) in [7, 11) is 1.69. The fourth-order valence-corrected chi connectivity index (χ4v) is 2.93. The van der Waals surface area contributed by atoms with Crippen molar-refractivity contribution in [1.82, 2.24) is 0 Å². The molecule has 0 aromatic heterocycles. The molecule has 0 radical (unpaired) electrons. The number of benzene rings is 2. The van der Waals surface area contributed by atoms with Crippen LogP contribution in [0.25, 0.3) is 10.8 Å². The lowest BCUT2D eigenvalue weighted by atomic mass is 10.1. The molecule has 0 atom stereocenters. The van der Waals surface area contributed by atoms with Gasteiger partial charge in [-0.25, -0.2) is 0 Å². The molecule has 0 fully saturated rings. The fourth-order valence-electron chi connectivity index (χ4n) is 2.93. The largest absolute Gasteiger partial charge is 0.497 e. The predicted octanol–water partition coefficient (Wildman–Crippen LogP) is 6.55. The van der Waals surface area contributed by atoms with Gasteiger partial charge in [-0.1, -0.05) is 49.5 Å². The molecule has 0 bridgehead atoms. The summed E-state index contributed by atoms with van der Waals surface area (Å²) in [6.45, 7) is 6.61. The van der Waals surface area contributed by atoms with E-state index >= 15 is 0 Å². The summed E-state index contributed by atoms with van der Waals surface area (Å²) >= 11 is 0. The van der Waals surface area contributed by atoms with Crippen LogP contribution in [0, 0.1) is 0 Å². The highest BCUT2D eigenvalue weighted by Gasteiger charge is 2.00. The van der Waals surface area contributed by atoms with Gasteiger partial charge in [-0.05, 0) is 61.7 Å². The monoisotopic (exact) mass is 370 g/mol. The molecule has 0 unspecified atom stereocenters. The van der Waals surface area contributed by atoms with Gasteiger partial charge in [0.1, 0.15) is 11.5 Å². The van der Waals surface area contributed by atoms with Crippen LogP contribution >= 0.6 is 0 Å². The van der Waals surface area contributed by atoms with Crippen LogP contribution in [0.2, 0.25) is 0 Å². The van der Waals surface area contributed by atoms with Gasteiger partial charge in [-0.2, -0.15) is 0 Å². The number of fused-ring (bicyclic) bond motifs is 1. The lowest BCUT2D eigenvalue weighted by molar-refractivity contribution is 0.156. The van der Waals surface area contributed by atoms with E-state index in [-0.39, 0.29) is 0 Å². The van der Waals surface area contributed by atoms with E-state index in [4.69, 9.17) is 14.2 Å². The van der Waals surface area contributed by atoms with E-state index in [1.807, 2.05) is 18.2 Å². The number of unbranched alkanes of at least 4 members (excludes halogenated alkanes) is 5. The van der Waals surface area contributed by atoms with E-state index in [1.54, 1.807) is 7.11 Å². The van der Waals surface area contributed by atoms with Crippen LogP contribution in [0.1, 0.15) is 52.4 Å². The SMILES string of the molecule is COc1ccc2ccc(OCCCCCCCCOCC=C(C)C)cc2c1. The Kier molecular flexibility index (Phi) is 9.78. The molecule has 3 nitrogen and oxygen atoms in total. The number of rotatable bonds is 13. The molecule has 2 rings (SSSR count). The normalized spacial score (nSPS) is 10.8. The van der Waals surface area contributed by atoms with Gasteiger partial charge < -0.3 is 14.2 Å². The number of allylic oxidation sites excluding steroid dienone is 1. The molecule has 0 heterocycles. The summed E-state index contributed by atoms with van der Waals surface area (Å²) in [5, 5.41) is 2.35. The zero-order valence-corrected chi connectivity index (χ0v) is 17.1. The highest BCUT2D eigenvalue weighted by atomic mass is 16.5. The molecule has 0 saturated heterocycles. The van der Waals surface area contributed by atoms with Gasteiger partial charge in [0, 0.05) is 6.61 Å². The van der Waals surface area contributed by atoms with Crippen LogP contribution in [0.15, 0.2) is 48.0 Å². The van der Waals surface area contributed by atoms with E-state index < -0.39 is 0 Å². The van der Waals surface area contributed by atoms with E-state index in [0.717, 1.165) is 49.5 Å². The Morgan fingerprint density at radius 2 is 1.41 bits per heavy atom. The lowest BCUT2D eigenvalue weighted by Gasteiger charge is -2.08. The Hall–Kier alpha value is -2.00. The van der Waals surface area contributed by atoms with Crippen molar-refractivity contribution in [3.05, 3.63) is 48.0 Å². The summed E-state index contributed by atoms with van der Waals surface area (Å²) < 4.78 is 16.8. The molecule has 27 heavy (non-hydrogen) atoms. The van der Waals surface area contributed by atoms with Crippen LogP contribution in [0.4, 0.5) is 0 Å². The van der Waals surface area contributed by atoms with Crippen molar-refractivity contribution < 1.29 is 14.2 Å². The van der Waals surface area contributed by atoms with Crippen molar-refractivity contribution in [3.63, 3.8) is 0 Å². The second kappa shape index (κ2) is 12.4. The molecule has 0 N–H and O–H groups in total. The maximum absolute atomic E-state index is 5.91. The van der Waals surface area contributed by atoms with Gasteiger partial charge in [0.25, 0.3) is 0 Å². The quantitative estimate of drug-likeness (QED) is 0.295. The van der Waals surface area contributed by atoms with Crippen molar-refractivity contribution in [2.45, 2.75) is 52.4 Å². The van der Waals surface area contributed by atoms with Gasteiger partial charge in [0.05, 0.1) is 20.3 Å². The first-order valence-corrected chi connectivity index (χ1v) is 10.1. The number of hydrogen-bond donors (Lipinski definition) is 0. The van der Waals surface area contributed by atoms with Crippen LogP contribution < -0.4 is 9.47 Å². The summed E-state index contributed by atoms with van der Waals surface area (Å²) in [6.07, 6.45) is 9.42. The van der Waals surface area contributed by atoms with E-state index in [1.165, 1.54) is 36.6 Å². The molecule has 2 aromatic rings. The average molecular weight is 371 g/mol. The number of methoxy groups -OCH3 is 1. The molecule has 0 amide bonds. The van der Waals surface area contributed by atoms with Crippen LogP contribution in [-0.2, 0) is 4.74 Å². The van der Waals surface area contributed by atoms with Crippen molar-refractivity contribution in [1.29, 1.82) is 0 Å². The second-order valence-corrected chi connectivity index (χ2v) is 7.20. The lowest BCUT2D eigenvalue weighted by Crippen LogP contribution is -1.98. The van der Waals surface area contributed by atoms with Gasteiger partial charge in [0.2, 0.25) is 0 Å². The van der Waals surface area contributed by atoms with E-state index in [2.05, 4.69) is 38.1 Å². The molecule has 2 aromatic carbocycles. The maximum Gasteiger partial charge on any atom is 0.119 e. The minimum absolute atomic E-state index is 0.751. The Labute approximate surface area is 164 Å². The molecule has 3 heteroatoms. The van der Waals surface area contributed by atoms with Gasteiger partial charge >= 0.3 is 0 Å². The third-order valence-corrected chi connectivity index (χ3v) is 4.58. The smallest absolute Gasteiger partial charge is 0.119 e. The fraction of sp³-hybridized carbons (Fsp3) is 0.500. The summed E-state index contributed by atoms with van der Waals surface area (Å²) in [4.78, 5) is 0. The number of hydrogen-bond acceptors (Lipinski definition) is 3. The van der Waals surface area contributed by atoms with Gasteiger partial charge in [-0.15, -0.1) is 0 Å².